The lowest BCUT2D eigenvalue weighted by Crippen LogP contribution is -2.25. The molecule has 0 aliphatic heterocycles. The molecule has 3 aromatic rings. The Balaban J connectivity index is 1.86. The van der Waals surface area contributed by atoms with Crippen LogP contribution in [0.15, 0.2) is 63.0 Å². The topological polar surface area (TPSA) is 0 Å². The Morgan fingerprint density at radius 3 is 1.43 bits per heavy atom. The van der Waals surface area contributed by atoms with Crippen LogP contribution in [0.3, 0.4) is 0 Å². The molecule has 0 N–H and O–H groups in total. The van der Waals surface area contributed by atoms with Crippen LogP contribution in [-0.4, -0.2) is 0 Å². The van der Waals surface area contributed by atoms with Gasteiger partial charge in [-0.05, 0) is 126 Å². The van der Waals surface area contributed by atoms with Crippen LogP contribution in [-0.2, 0) is 5.41 Å². The lowest BCUT2D eigenvalue weighted by atomic mass is 9.70. The van der Waals surface area contributed by atoms with Crippen LogP contribution >= 0.6 is 31.9 Å². The number of hydrogen-bond donors (Lipinski definition) is 0. The Morgan fingerprint density at radius 1 is 0.463 bits per heavy atom. The van der Waals surface area contributed by atoms with E-state index in [1.165, 1.54) is 209 Å². The molecule has 0 unspecified atom stereocenters. The number of rotatable bonds is 28. The van der Waals surface area contributed by atoms with Crippen molar-refractivity contribution >= 4 is 37.9 Å². The standard InChI is InChI=1S/C52H76Br2/c1-6-10-14-18-22-26-34-52(35-27-23-19-15-11-7-2)50-39-45(54)31-33-47(50)49-38-43(48(40-51(49)52)46-32-30-44(53)36-41(46)5)37-42(28-24-20-16-12-8-3)29-25-21-17-13-9-4/h30-33,36-40H,6-29,34-35H2,1-5H3. The molecule has 0 amide bonds. The molecule has 0 nitrogen and oxygen atoms in total. The quantitative estimate of drug-likeness (QED) is 0.0638. The second-order valence-electron chi connectivity index (χ2n) is 16.9. The molecule has 2 heteroatoms. The lowest BCUT2D eigenvalue weighted by Gasteiger charge is -2.33. The summed E-state index contributed by atoms with van der Waals surface area (Å²) >= 11 is 7.76. The Labute approximate surface area is 350 Å². The minimum atomic E-state index is 0.0611. The molecule has 0 fully saturated rings. The average molecular weight is 861 g/mol. The molecule has 1 aliphatic rings. The van der Waals surface area contributed by atoms with Crippen molar-refractivity contribution in [1.29, 1.82) is 0 Å². The summed E-state index contributed by atoms with van der Waals surface area (Å²) in [5, 5.41) is 0. The predicted molar refractivity (Wildman–Crippen MR) is 249 cm³/mol. The molecule has 0 spiro atoms. The fraction of sp³-hybridized carbons (Fsp3) is 0.615. The highest BCUT2D eigenvalue weighted by atomic mass is 79.9. The number of fused-ring (bicyclic) bond motifs is 3. The van der Waals surface area contributed by atoms with Crippen molar-refractivity contribution in [3.8, 4) is 22.3 Å². The molecule has 3 aromatic carbocycles. The number of unbranched alkanes of at least 4 members (excludes halogenated alkanes) is 18. The van der Waals surface area contributed by atoms with Gasteiger partial charge >= 0.3 is 0 Å². The first kappa shape index (κ1) is 45.1. The van der Waals surface area contributed by atoms with Crippen LogP contribution in [0.5, 0.6) is 0 Å². The van der Waals surface area contributed by atoms with Gasteiger partial charge in [0.25, 0.3) is 0 Å². The summed E-state index contributed by atoms with van der Waals surface area (Å²) in [5.74, 6) is 0. The summed E-state index contributed by atoms with van der Waals surface area (Å²) in [4.78, 5) is 0. The van der Waals surface area contributed by atoms with Gasteiger partial charge in [-0.15, -0.1) is 0 Å². The van der Waals surface area contributed by atoms with Gasteiger partial charge in [0.2, 0.25) is 0 Å². The fourth-order valence-electron chi connectivity index (χ4n) is 9.29. The Hall–Kier alpha value is -1.64. The van der Waals surface area contributed by atoms with Gasteiger partial charge in [-0.2, -0.15) is 0 Å². The molecule has 54 heavy (non-hydrogen) atoms. The summed E-state index contributed by atoms with van der Waals surface area (Å²) in [7, 11) is 0. The molecular formula is C52H76Br2. The maximum absolute atomic E-state index is 3.96. The van der Waals surface area contributed by atoms with Crippen LogP contribution in [0.4, 0.5) is 0 Å². The highest BCUT2D eigenvalue weighted by Gasteiger charge is 2.43. The van der Waals surface area contributed by atoms with Crippen molar-refractivity contribution < 1.29 is 0 Å². The van der Waals surface area contributed by atoms with Crippen LogP contribution in [0, 0.1) is 6.92 Å². The molecule has 298 valence electrons. The summed E-state index contributed by atoms with van der Waals surface area (Å²) < 4.78 is 2.39. The Kier molecular flexibility index (Phi) is 20.8. The molecule has 4 rings (SSSR count). The molecule has 0 aromatic heterocycles. The van der Waals surface area contributed by atoms with Crippen LogP contribution < -0.4 is 0 Å². The van der Waals surface area contributed by atoms with Gasteiger partial charge in [0.05, 0.1) is 0 Å². The fourth-order valence-corrected chi connectivity index (χ4v) is 10.1. The van der Waals surface area contributed by atoms with E-state index in [1.54, 1.807) is 16.7 Å². The second kappa shape index (κ2) is 24.9. The van der Waals surface area contributed by atoms with E-state index in [9.17, 15) is 0 Å². The summed E-state index contributed by atoms with van der Waals surface area (Å²) in [5.41, 5.74) is 13.5. The predicted octanol–water partition coefficient (Wildman–Crippen LogP) is 19.1. The van der Waals surface area contributed by atoms with Crippen molar-refractivity contribution in [3.63, 3.8) is 0 Å². The highest BCUT2D eigenvalue weighted by Crippen LogP contribution is 2.56. The third-order valence-electron chi connectivity index (χ3n) is 12.4. The summed E-state index contributed by atoms with van der Waals surface area (Å²) in [6.45, 7) is 11.6. The molecular weight excluding hydrogens is 784 g/mol. The van der Waals surface area contributed by atoms with Crippen LogP contribution in [0.2, 0.25) is 0 Å². The number of hydrogen-bond acceptors (Lipinski definition) is 0. The normalized spacial score (nSPS) is 12.9. The van der Waals surface area contributed by atoms with E-state index in [4.69, 9.17) is 0 Å². The highest BCUT2D eigenvalue weighted by molar-refractivity contribution is 9.10. The van der Waals surface area contributed by atoms with Crippen molar-refractivity contribution in [2.24, 2.45) is 0 Å². The largest absolute Gasteiger partial charge is 0.0696 e. The van der Waals surface area contributed by atoms with Crippen LogP contribution in [0.1, 0.15) is 217 Å². The zero-order valence-electron chi connectivity index (χ0n) is 35.3. The maximum Gasteiger partial charge on any atom is 0.0215 e. The first-order chi connectivity index (χ1) is 26.4. The van der Waals surface area contributed by atoms with E-state index in [0.717, 1.165) is 0 Å². The van der Waals surface area contributed by atoms with E-state index < -0.39 is 0 Å². The number of halogens is 2. The van der Waals surface area contributed by atoms with Gasteiger partial charge in [-0.3, -0.25) is 0 Å². The van der Waals surface area contributed by atoms with E-state index in [0.29, 0.717) is 0 Å². The minimum absolute atomic E-state index is 0.0611. The summed E-state index contributed by atoms with van der Waals surface area (Å²) in [6.07, 6.45) is 37.2. The zero-order valence-corrected chi connectivity index (χ0v) is 38.5. The van der Waals surface area contributed by atoms with Crippen LogP contribution in [0.25, 0.3) is 28.3 Å². The van der Waals surface area contributed by atoms with Gasteiger partial charge in [0, 0.05) is 14.4 Å². The lowest BCUT2D eigenvalue weighted by molar-refractivity contribution is 0.398. The van der Waals surface area contributed by atoms with Crippen molar-refractivity contribution in [2.75, 3.05) is 0 Å². The summed E-state index contributed by atoms with van der Waals surface area (Å²) in [6, 6.07) is 19.6. The first-order valence-corrected chi connectivity index (χ1v) is 24.4. The molecule has 0 heterocycles. The van der Waals surface area contributed by atoms with Gasteiger partial charge in [-0.25, -0.2) is 0 Å². The Morgan fingerprint density at radius 2 is 0.907 bits per heavy atom. The maximum atomic E-state index is 3.96. The van der Waals surface area contributed by atoms with Gasteiger partial charge in [0.1, 0.15) is 0 Å². The molecule has 0 atom stereocenters. The second-order valence-corrected chi connectivity index (χ2v) is 18.7. The molecule has 1 aliphatic carbocycles. The van der Waals surface area contributed by atoms with Gasteiger partial charge < -0.3 is 0 Å². The van der Waals surface area contributed by atoms with Crippen molar-refractivity contribution in [2.45, 2.75) is 207 Å². The average Bonchev–Trinajstić information content (AvgIpc) is 3.41. The number of benzene rings is 3. The third kappa shape index (κ3) is 13.2. The smallest absolute Gasteiger partial charge is 0.0215 e. The monoisotopic (exact) mass is 858 g/mol. The van der Waals surface area contributed by atoms with E-state index in [-0.39, 0.29) is 5.41 Å². The molecule has 0 bridgehead atoms. The SMILES string of the molecule is CCCCCCCCC1(CCCCCCCC)c2cc(Br)ccc2-c2cc(C=C(CCCCCCC)CCCCCCC)c(-c3ccc(Br)cc3C)cc21. The minimum Gasteiger partial charge on any atom is -0.0696 e. The van der Waals surface area contributed by atoms with E-state index in [1.807, 2.05) is 0 Å². The first-order valence-electron chi connectivity index (χ1n) is 22.8. The molecule has 0 saturated carbocycles. The molecule has 0 saturated heterocycles. The molecule has 0 radical (unpaired) electrons. The third-order valence-corrected chi connectivity index (χ3v) is 13.4. The van der Waals surface area contributed by atoms with E-state index in [2.05, 4.69) is 121 Å². The zero-order chi connectivity index (χ0) is 38.6. The van der Waals surface area contributed by atoms with Gasteiger partial charge in [0.15, 0.2) is 0 Å². The van der Waals surface area contributed by atoms with Gasteiger partial charge in [-0.1, -0.05) is 212 Å². The van der Waals surface area contributed by atoms with Crippen molar-refractivity contribution in [1.82, 2.24) is 0 Å². The number of aryl methyl sites for hydroxylation is 1. The van der Waals surface area contributed by atoms with Crippen molar-refractivity contribution in [3.05, 3.63) is 85.3 Å². The Bertz CT molecular complexity index is 1530. The van der Waals surface area contributed by atoms with E-state index >= 15 is 0 Å². The number of allylic oxidation sites excluding steroid dienone is 1.